The number of thioether (sulfide) groups is 1. The predicted molar refractivity (Wildman–Crippen MR) is 123 cm³/mol. The number of para-hydroxylation sites is 1. The van der Waals surface area contributed by atoms with Crippen LogP contribution in [0.1, 0.15) is 33.9 Å². The van der Waals surface area contributed by atoms with Gasteiger partial charge in [-0.3, -0.25) is 0 Å². The number of amidine groups is 1. The number of nitrogens with zero attached hydrogens (tertiary/aromatic N) is 2. The van der Waals surface area contributed by atoms with Gasteiger partial charge in [0.1, 0.15) is 35.2 Å². The SMILES string of the molecule is C(=NC1=N[C@@H](c2ccco2)[C@@H](c2ccco2)S1)c1ccccc1OCc1ccccc1. The van der Waals surface area contributed by atoms with Crippen molar-refractivity contribution >= 4 is 23.1 Å². The molecule has 1 aliphatic rings. The minimum Gasteiger partial charge on any atom is -0.488 e. The molecule has 1 aliphatic heterocycles. The molecule has 2 atom stereocenters. The number of rotatable bonds is 6. The Bertz CT molecular complexity index is 1170. The first-order valence-electron chi connectivity index (χ1n) is 9.98. The van der Waals surface area contributed by atoms with E-state index < -0.39 is 0 Å². The van der Waals surface area contributed by atoms with Crippen LogP contribution in [0.25, 0.3) is 0 Å². The predicted octanol–water partition coefficient (Wildman–Crippen LogP) is 6.46. The van der Waals surface area contributed by atoms with Gasteiger partial charge >= 0.3 is 0 Å². The van der Waals surface area contributed by atoms with Crippen molar-refractivity contribution in [3.63, 3.8) is 0 Å². The fraction of sp³-hybridized carbons (Fsp3) is 0.120. The lowest BCUT2D eigenvalue weighted by Crippen LogP contribution is -2.00. The molecule has 0 aliphatic carbocycles. The second-order valence-electron chi connectivity index (χ2n) is 7.00. The molecule has 6 heteroatoms. The van der Waals surface area contributed by atoms with Crippen LogP contribution in [0.3, 0.4) is 0 Å². The molecule has 31 heavy (non-hydrogen) atoms. The van der Waals surface area contributed by atoms with Gasteiger partial charge in [-0.1, -0.05) is 54.2 Å². The highest BCUT2D eigenvalue weighted by Crippen LogP contribution is 2.49. The summed E-state index contributed by atoms with van der Waals surface area (Å²) in [5, 5.41) is 0.665. The zero-order valence-electron chi connectivity index (χ0n) is 16.6. The van der Waals surface area contributed by atoms with Gasteiger partial charge in [-0.15, -0.1) is 0 Å². The van der Waals surface area contributed by atoms with Crippen molar-refractivity contribution in [3.05, 3.63) is 114 Å². The molecule has 0 radical (unpaired) electrons. The van der Waals surface area contributed by atoms with E-state index in [1.165, 1.54) is 0 Å². The number of ether oxygens (including phenoxy) is 1. The Morgan fingerprint density at radius 2 is 1.61 bits per heavy atom. The normalized spacial score (nSPS) is 18.4. The Balaban J connectivity index is 1.35. The van der Waals surface area contributed by atoms with Gasteiger partial charge in [0, 0.05) is 11.8 Å². The molecule has 0 spiro atoms. The lowest BCUT2D eigenvalue weighted by Gasteiger charge is -2.11. The average Bonchev–Trinajstić information content (AvgIpc) is 3.58. The van der Waals surface area contributed by atoms with Crippen molar-refractivity contribution in [1.82, 2.24) is 0 Å². The Morgan fingerprint density at radius 3 is 2.39 bits per heavy atom. The third-order valence-corrected chi connectivity index (χ3v) is 6.06. The summed E-state index contributed by atoms with van der Waals surface area (Å²) in [7, 11) is 0. The summed E-state index contributed by atoms with van der Waals surface area (Å²) in [4.78, 5) is 9.45. The summed E-state index contributed by atoms with van der Waals surface area (Å²) in [6.07, 6.45) is 5.14. The van der Waals surface area contributed by atoms with Crippen LogP contribution in [0.2, 0.25) is 0 Å². The van der Waals surface area contributed by atoms with E-state index in [2.05, 4.69) is 4.99 Å². The van der Waals surface area contributed by atoms with Gasteiger partial charge in [-0.25, -0.2) is 9.98 Å². The number of hydrogen-bond donors (Lipinski definition) is 0. The van der Waals surface area contributed by atoms with Crippen molar-refractivity contribution in [2.24, 2.45) is 9.98 Å². The van der Waals surface area contributed by atoms with Crippen molar-refractivity contribution in [3.8, 4) is 5.75 Å². The van der Waals surface area contributed by atoms with E-state index in [4.69, 9.17) is 18.6 Å². The third-order valence-electron chi connectivity index (χ3n) is 4.90. The summed E-state index contributed by atoms with van der Waals surface area (Å²) in [5.41, 5.74) is 2.02. The molecule has 4 aromatic rings. The molecule has 0 N–H and O–H groups in total. The lowest BCUT2D eigenvalue weighted by atomic mass is 10.1. The van der Waals surface area contributed by atoms with E-state index in [0.29, 0.717) is 11.8 Å². The van der Waals surface area contributed by atoms with Crippen LogP contribution in [-0.2, 0) is 6.61 Å². The average molecular weight is 429 g/mol. The Kier molecular flexibility index (Phi) is 5.71. The zero-order valence-corrected chi connectivity index (χ0v) is 17.4. The second-order valence-corrected chi connectivity index (χ2v) is 8.10. The maximum absolute atomic E-state index is 6.03. The molecule has 2 aromatic carbocycles. The zero-order chi connectivity index (χ0) is 20.9. The van der Waals surface area contributed by atoms with Crippen molar-refractivity contribution in [2.45, 2.75) is 17.9 Å². The molecule has 3 heterocycles. The summed E-state index contributed by atoms with van der Waals surface area (Å²) in [6, 6.07) is 25.4. The molecule has 5 nitrogen and oxygen atoms in total. The fourth-order valence-electron chi connectivity index (χ4n) is 3.38. The van der Waals surface area contributed by atoms with E-state index in [1.807, 2.05) is 78.9 Å². The van der Waals surface area contributed by atoms with E-state index >= 15 is 0 Å². The molecular formula is C25H20N2O3S. The molecule has 0 fully saturated rings. The third kappa shape index (κ3) is 4.49. The molecular weight excluding hydrogens is 408 g/mol. The molecule has 5 rings (SSSR count). The first-order chi connectivity index (χ1) is 15.4. The summed E-state index contributed by atoms with van der Waals surface area (Å²) >= 11 is 1.57. The van der Waals surface area contributed by atoms with Gasteiger partial charge in [0.15, 0.2) is 5.17 Å². The van der Waals surface area contributed by atoms with Gasteiger partial charge in [0.25, 0.3) is 0 Å². The number of furan rings is 2. The highest BCUT2D eigenvalue weighted by Gasteiger charge is 2.36. The molecule has 0 bridgehead atoms. The largest absolute Gasteiger partial charge is 0.488 e. The Morgan fingerprint density at radius 1 is 0.871 bits per heavy atom. The van der Waals surface area contributed by atoms with Crippen LogP contribution in [0, 0.1) is 0 Å². The quantitative estimate of drug-likeness (QED) is 0.331. The van der Waals surface area contributed by atoms with Crippen molar-refractivity contribution in [2.75, 3.05) is 0 Å². The first-order valence-corrected chi connectivity index (χ1v) is 10.9. The Hall–Kier alpha value is -3.51. The van der Waals surface area contributed by atoms with Gasteiger partial charge in [-0.05, 0) is 42.0 Å². The van der Waals surface area contributed by atoms with E-state index in [1.54, 1.807) is 30.5 Å². The number of hydrogen-bond acceptors (Lipinski definition) is 6. The van der Waals surface area contributed by atoms with Crippen LogP contribution in [-0.4, -0.2) is 11.4 Å². The summed E-state index contributed by atoms with van der Waals surface area (Å²) in [5.74, 6) is 2.43. The molecule has 0 saturated heterocycles. The summed E-state index contributed by atoms with van der Waals surface area (Å²) < 4.78 is 17.3. The van der Waals surface area contributed by atoms with Gasteiger partial charge < -0.3 is 13.6 Å². The van der Waals surface area contributed by atoms with Crippen LogP contribution in [0.5, 0.6) is 5.75 Å². The van der Waals surface area contributed by atoms with Crippen LogP contribution in [0.4, 0.5) is 0 Å². The molecule has 0 unspecified atom stereocenters. The van der Waals surface area contributed by atoms with E-state index in [0.717, 1.165) is 28.4 Å². The standard InChI is InChI=1S/C25H20N2O3S/c1-2-8-18(9-3-1)17-30-20-11-5-4-10-19(20)16-26-25-27-23(21-12-6-14-28-21)24(31-25)22-13-7-15-29-22/h1-16,23-24H,17H2/t23-,24+/m0/s1. The maximum Gasteiger partial charge on any atom is 0.184 e. The molecule has 2 aromatic heterocycles. The summed E-state index contributed by atoms with van der Waals surface area (Å²) in [6.45, 7) is 0.503. The molecule has 154 valence electrons. The minimum atomic E-state index is -0.178. The van der Waals surface area contributed by atoms with Crippen molar-refractivity contribution in [1.29, 1.82) is 0 Å². The van der Waals surface area contributed by atoms with Gasteiger partial charge in [0.05, 0.1) is 12.5 Å². The second kappa shape index (κ2) is 9.10. The monoisotopic (exact) mass is 428 g/mol. The Labute approximate surface area is 184 Å². The molecule has 0 amide bonds. The number of aliphatic imine (C=N–C) groups is 2. The minimum absolute atomic E-state index is 0.0159. The van der Waals surface area contributed by atoms with Gasteiger partial charge in [0.2, 0.25) is 0 Å². The van der Waals surface area contributed by atoms with E-state index in [9.17, 15) is 0 Å². The highest BCUT2D eigenvalue weighted by atomic mass is 32.2. The fourth-order valence-corrected chi connectivity index (χ4v) is 4.47. The topological polar surface area (TPSA) is 60.2 Å². The maximum atomic E-state index is 6.03. The van der Waals surface area contributed by atoms with Crippen molar-refractivity contribution < 1.29 is 13.6 Å². The van der Waals surface area contributed by atoms with Crippen LogP contribution >= 0.6 is 11.8 Å². The molecule has 0 saturated carbocycles. The smallest absolute Gasteiger partial charge is 0.184 e. The first kappa shape index (κ1) is 19.5. The number of benzene rings is 2. The van der Waals surface area contributed by atoms with Gasteiger partial charge in [-0.2, -0.15) is 0 Å². The van der Waals surface area contributed by atoms with E-state index in [-0.39, 0.29) is 11.3 Å². The lowest BCUT2D eigenvalue weighted by molar-refractivity contribution is 0.306. The van der Waals surface area contributed by atoms with Crippen LogP contribution in [0.15, 0.2) is 110 Å². The highest BCUT2D eigenvalue weighted by molar-refractivity contribution is 8.14. The van der Waals surface area contributed by atoms with Crippen LogP contribution < -0.4 is 4.74 Å².